The van der Waals surface area contributed by atoms with Gasteiger partial charge in [-0.25, -0.2) is 0 Å². The number of carbonyl (C=O) groups excluding carboxylic acids is 2. The van der Waals surface area contributed by atoms with Crippen LogP contribution in [0.5, 0.6) is 0 Å². The van der Waals surface area contributed by atoms with Crippen LogP contribution in [0.4, 0.5) is 11.4 Å². The molecule has 5 nitrogen and oxygen atoms in total. The van der Waals surface area contributed by atoms with Crippen molar-refractivity contribution in [3.8, 4) is 11.1 Å². The number of benzene rings is 3. The lowest BCUT2D eigenvalue weighted by Gasteiger charge is -2.26. The molecule has 1 N–H and O–H groups in total. The SMILES string of the molecule is CCN(CCSC)Cc1cc(C(=O)Nc2ccc3c(c2)N(C)C(=O)CC3)ccc1-c1ccccc1. The minimum absolute atomic E-state index is 0.101. The predicted octanol–water partition coefficient (Wildman–Crippen LogP) is 5.70. The molecule has 1 heterocycles. The molecule has 0 saturated heterocycles. The van der Waals surface area contributed by atoms with E-state index in [1.807, 2.05) is 60.3 Å². The highest BCUT2D eigenvalue weighted by Gasteiger charge is 2.21. The molecule has 35 heavy (non-hydrogen) atoms. The number of nitrogens with zero attached hydrogens (tertiary/aromatic N) is 2. The van der Waals surface area contributed by atoms with E-state index in [1.54, 1.807) is 11.9 Å². The highest BCUT2D eigenvalue weighted by atomic mass is 32.2. The number of hydrogen-bond acceptors (Lipinski definition) is 4. The first-order valence-electron chi connectivity index (χ1n) is 12.1. The van der Waals surface area contributed by atoms with Crippen molar-refractivity contribution in [3.63, 3.8) is 0 Å². The first-order valence-corrected chi connectivity index (χ1v) is 13.5. The van der Waals surface area contributed by atoms with E-state index in [2.05, 4.69) is 41.6 Å². The number of rotatable bonds is 9. The van der Waals surface area contributed by atoms with Crippen molar-refractivity contribution in [2.75, 3.05) is 42.4 Å². The molecule has 0 aliphatic carbocycles. The van der Waals surface area contributed by atoms with Gasteiger partial charge in [0.05, 0.1) is 0 Å². The second-order valence-corrected chi connectivity index (χ2v) is 9.84. The second kappa shape index (κ2) is 11.6. The van der Waals surface area contributed by atoms with Crippen LogP contribution in [-0.2, 0) is 17.8 Å². The van der Waals surface area contributed by atoms with Crippen LogP contribution in [0.25, 0.3) is 11.1 Å². The molecule has 0 saturated carbocycles. The standard InChI is InChI=1S/C29H33N3O2S/c1-4-32(16-17-35-3)20-24-18-23(11-14-26(24)21-8-6-5-7-9-21)29(34)30-25-13-10-22-12-15-28(33)31(2)27(22)19-25/h5-11,13-14,18-19H,4,12,15-17,20H2,1-3H3,(H,30,34). The summed E-state index contributed by atoms with van der Waals surface area (Å²) in [7, 11) is 1.79. The van der Waals surface area contributed by atoms with Crippen LogP contribution in [0.2, 0.25) is 0 Å². The average molecular weight is 488 g/mol. The molecule has 1 aliphatic rings. The van der Waals surface area contributed by atoms with Crippen LogP contribution in [0, 0.1) is 0 Å². The van der Waals surface area contributed by atoms with Gasteiger partial charge in [-0.15, -0.1) is 0 Å². The Morgan fingerprint density at radius 3 is 2.60 bits per heavy atom. The lowest BCUT2D eigenvalue weighted by Crippen LogP contribution is -2.31. The van der Waals surface area contributed by atoms with Crippen LogP contribution in [0.3, 0.4) is 0 Å². The largest absolute Gasteiger partial charge is 0.322 e. The van der Waals surface area contributed by atoms with Crippen molar-refractivity contribution in [1.82, 2.24) is 4.90 Å². The molecule has 0 atom stereocenters. The van der Waals surface area contributed by atoms with Crippen molar-refractivity contribution < 1.29 is 9.59 Å². The molecule has 0 spiro atoms. The summed E-state index contributed by atoms with van der Waals surface area (Å²) in [6, 6.07) is 22.1. The third kappa shape index (κ3) is 5.95. The van der Waals surface area contributed by atoms with E-state index in [9.17, 15) is 9.59 Å². The molecule has 4 rings (SSSR count). The molecular weight excluding hydrogens is 454 g/mol. The fraction of sp³-hybridized carbons (Fsp3) is 0.310. The summed E-state index contributed by atoms with van der Waals surface area (Å²) < 4.78 is 0. The molecule has 6 heteroatoms. The number of amides is 2. The van der Waals surface area contributed by atoms with E-state index >= 15 is 0 Å². The van der Waals surface area contributed by atoms with E-state index in [4.69, 9.17) is 0 Å². The van der Waals surface area contributed by atoms with Gasteiger partial charge in [-0.3, -0.25) is 14.5 Å². The number of hydrogen-bond donors (Lipinski definition) is 1. The van der Waals surface area contributed by atoms with Crippen LogP contribution in [0.1, 0.15) is 34.8 Å². The smallest absolute Gasteiger partial charge is 0.255 e. The number of carbonyl (C=O) groups is 2. The number of anilines is 2. The summed E-state index contributed by atoms with van der Waals surface area (Å²) in [5.41, 5.74) is 6.76. The average Bonchev–Trinajstić information content (AvgIpc) is 2.89. The van der Waals surface area contributed by atoms with Gasteiger partial charge in [-0.1, -0.05) is 49.4 Å². The Balaban J connectivity index is 1.61. The Morgan fingerprint density at radius 1 is 1.06 bits per heavy atom. The first-order chi connectivity index (χ1) is 17.0. The summed E-state index contributed by atoms with van der Waals surface area (Å²) in [4.78, 5) is 29.4. The van der Waals surface area contributed by atoms with E-state index in [1.165, 1.54) is 0 Å². The third-order valence-electron chi connectivity index (χ3n) is 6.59. The van der Waals surface area contributed by atoms with E-state index in [0.717, 1.165) is 59.7 Å². The van der Waals surface area contributed by atoms with Crippen LogP contribution < -0.4 is 10.2 Å². The number of aryl methyl sites for hydroxylation is 1. The maximum atomic E-state index is 13.2. The zero-order chi connectivity index (χ0) is 24.8. The summed E-state index contributed by atoms with van der Waals surface area (Å²) in [5.74, 6) is 1.02. The quantitative estimate of drug-likeness (QED) is 0.421. The topological polar surface area (TPSA) is 52.7 Å². The maximum Gasteiger partial charge on any atom is 0.255 e. The Hall–Kier alpha value is -3.09. The highest BCUT2D eigenvalue weighted by Crippen LogP contribution is 2.30. The van der Waals surface area contributed by atoms with Gasteiger partial charge in [0.15, 0.2) is 0 Å². The molecule has 0 bridgehead atoms. The highest BCUT2D eigenvalue weighted by molar-refractivity contribution is 7.98. The Labute approximate surface area is 212 Å². The molecule has 2 amide bonds. The molecule has 1 aliphatic heterocycles. The normalized spacial score (nSPS) is 13.1. The van der Waals surface area contributed by atoms with Gasteiger partial charge in [0.2, 0.25) is 5.91 Å². The molecule has 0 unspecified atom stereocenters. The van der Waals surface area contributed by atoms with E-state index in [-0.39, 0.29) is 11.8 Å². The molecule has 3 aromatic rings. The molecular formula is C29H33N3O2S. The fourth-order valence-electron chi connectivity index (χ4n) is 4.49. The van der Waals surface area contributed by atoms with Crippen molar-refractivity contribution >= 4 is 35.0 Å². The lowest BCUT2D eigenvalue weighted by atomic mass is 9.96. The van der Waals surface area contributed by atoms with Gasteiger partial charge in [-0.2, -0.15) is 11.8 Å². The van der Waals surface area contributed by atoms with Gasteiger partial charge >= 0.3 is 0 Å². The minimum Gasteiger partial charge on any atom is -0.322 e. The van der Waals surface area contributed by atoms with Gasteiger partial charge in [0.1, 0.15) is 0 Å². The third-order valence-corrected chi connectivity index (χ3v) is 7.18. The Bertz CT molecular complexity index is 1200. The minimum atomic E-state index is -0.150. The number of fused-ring (bicyclic) bond motifs is 1. The number of nitrogens with one attached hydrogen (secondary N) is 1. The van der Waals surface area contributed by atoms with Crippen LogP contribution >= 0.6 is 11.8 Å². The van der Waals surface area contributed by atoms with Crippen LogP contribution in [0.15, 0.2) is 66.7 Å². The van der Waals surface area contributed by atoms with Crippen molar-refractivity contribution in [2.45, 2.75) is 26.3 Å². The van der Waals surface area contributed by atoms with Crippen molar-refractivity contribution in [1.29, 1.82) is 0 Å². The molecule has 0 aromatic heterocycles. The van der Waals surface area contributed by atoms with Gasteiger partial charge in [-0.05, 0) is 65.7 Å². The maximum absolute atomic E-state index is 13.2. The van der Waals surface area contributed by atoms with E-state index in [0.29, 0.717) is 17.7 Å². The predicted molar refractivity (Wildman–Crippen MR) is 147 cm³/mol. The monoisotopic (exact) mass is 487 g/mol. The first kappa shape index (κ1) is 25.0. The van der Waals surface area contributed by atoms with E-state index < -0.39 is 0 Å². The molecule has 182 valence electrons. The summed E-state index contributed by atoms with van der Waals surface area (Å²) in [5, 5.41) is 3.04. The zero-order valence-electron chi connectivity index (χ0n) is 20.7. The van der Waals surface area contributed by atoms with Crippen molar-refractivity contribution in [2.24, 2.45) is 0 Å². The summed E-state index contributed by atoms with van der Waals surface area (Å²) in [6.45, 7) is 4.92. The second-order valence-electron chi connectivity index (χ2n) is 8.85. The fourth-order valence-corrected chi connectivity index (χ4v) is 4.93. The Kier molecular flexibility index (Phi) is 8.26. The summed E-state index contributed by atoms with van der Waals surface area (Å²) in [6.07, 6.45) is 3.39. The Morgan fingerprint density at radius 2 is 1.86 bits per heavy atom. The molecule has 0 fully saturated rings. The van der Waals surface area contributed by atoms with Gasteiger partial charge < -0.3 is 10.2 Å². The molecule has 0 radical (unpaired) electrons. The van der Waals surface area contributed by atoms with Crippen LogP contribution in [-0.4, -0.2) is 48.9 Å². The number of thioether (sulfide) groups is 1. The van der Waals surface area contributed by atoms with Crippen molar-refractivity contribution in [3.05, 3.63) is 83.4 Å². The lowest BCUT2D eigenvalue weighted by molar-refractivity contribution is -0.118. The molecule has 3 aromatic carbocycles. The van der Waals surface area contributed by atoms with Gasteiger partial charge in [0.25, 0.3) is 5.91 Å². The van der Waals surface area contributed by atoms with Gasteiger partial charge in [0, 0.05) is 49.2 Å². The zero-order valence-corrected chi connectivity index (χ0v) is 21.5. The summed E-state index contributed by atoms with van der Waals surface area (Å²) >= 11 is 1.85.